The zero-order valence-electron chi connectivity index (χ0n) is 11.7. The lowest BCUT2D eigenvalue weighted by Crippen LogP contribution is -2.39. The first-order chi connectivity index (χ1) is 9.11. The second-order valence-electron chi connectivity index (χ2n) is 5.16. The fourth-order valence-corrected chi connectivity index (χ4v) is 3.35. The van der Waals surface area contributed by atoms with Gasteiger partial charge in [0, 0.05) is 35.9 Å². The third kappa shape index (κ3) is 3.71. The second kappa shape index (κ2) is 6.73. The van der Waals surface area contributed by atoms with Crippen LogP contribution >= 0.6 is 15.9 Å². The molecule has 2 unspecified atom stereocenters. The number of benzene rings is 1. The van der Waals surface area contributed by atoms with Crippen molar-refractivity contribution in [2.75, 3.05) is 24.6 Å². The molecule has 1 aromatic carbocycles. The van der Waals surface area contributed by atoms with Crippen molar-refractivity contribution in [1.82, 2.24) is 0 Å². The van der Waals surface area contributed by atoms with E-state index in [1.165, 1.54) is 18.5 Å². The molecule has 3 nitrogen and oxygen atoms in total. The van der Waals surface area contributed by atoms with Crippen molar-refractivity contribution >= 4 is 21.6 Å². The first-order valence-corrected chi connectivity index (χ1v) is 7.82. The normalized spacial score (nSPS) is 21.5. The molecule has 19 heavy (non-hydrogen) atoms. The summed E-state index contributed by atoms with van der Waals surface area (Å²) in [4.78, 5) is 2.40. The molecule has 0 saturated carbocycles. The zero-order valence-corrected chi connectivity index (χ0v) is 13.3. The van der Waals surface area contributed by atoms with Gasteiger partial charge in [0.25, 0.3) is 0 Å². The lowest BCUT2D eigenvalue weighted by Gasteiger charge is -2.34. The largest absolute Gasteiger partial charge is 0.377 e. The molecular weight excluding hydrogens is 304 g/mol. The molecule has 0 amide bonds. The molecule has 1 fully saturated rings. The Morgan fingerprint density at radius 1 is 1.53 bits per heavy atom. The molecular formula is C15H23BrN2O. The van der Waals surface area contributed by atoms with Crippen LogP contribution in [0.5, 0.6) is 0 Å². The van der Waals surface area contributed by atoms with E-state index >= 15 is 0 Å². The molecule has 0 radical (unpaired) electrons. The Bertz CT molecular complexity index is 421. The van der Waals surface area contributed by atoms with Gasteiger partial charge in [0.15, 0.2) is 0 Å². The second-order valence-corrected chi connectivity index (χ2v) is 6.01. The predicted octanol–water partition coefficient (Wildman–Crippen LogP) is 3.47. The number of ether oxygens (including phenoxy) is 1. The molecule has 2 rings (SSSR count). The summed E-state index contributed by atoms with van der Waals surface area (Å²) in [7, 11) is 0. The molecule has 1 aliphatic heterocycles. The highest BCUT2D eigenvalue weighted by Gasteiger charge is 2.20. The fraction of sp³-hybridized carbons (Fsp3) is 0.600. The molecule has 0 bridgehead atoms. The predicted molar refractivity (Wildman–Crippen MR) is 83.6 cm³/mol. The maximum absolute atomic E-state index is 5.94. The smallest absolute Gasteiger partial charge is 0.0750 e. The van der Waals surface area contributed by atoms with Gasteiger partial charge in [-0.25, -0.2) is 0 Å². The van der Waals surface area contributed by atoms with Crippen molar-refractivity contribution in [2.45, 2.75) is 38.8 Å². The number of piperidine rings is 1. The van der Waals surface area contributed by atoms with E-state index in [-0.39, 0.29) is 6.04 Å². The highest BCUT2D eigenvalue weighted by atomic mass is 79.9. The lowest BCUT2D eigenvalue weighted by molar-refractivity contribution is 0.0527. The van der Waals surface area contributed by atoms with Crippen LogP contribution in [0, 0.1) is 0 Å². The van der Waals surface area contributed by atoms with Gasteiger partial charge in [0.05, 0.1) is 6.10 Å². The van der Waals surface area contributed by atoms with Gasteiger partial charge in [0.2, 0.25) is 0 Å². The molecule has 1 aromatic rings. The van der Waals surface area contributed by atoms with Gasteiger partial charge in [-0.1, -0.05) is 22.0 Å². The number of nitrogens with two attached hydrogens (primary N) is 1. The van der Waals surface area contributed by atoms with Gasteiger partial charge in [-0.3, -0.25) is 0 Å². The van der Waals surface area contributed by atoms with Gasteiger partial charge < -0.3 is 15.4 Å². The van der Waals surface area contributed by atoms with Crippen LogP contribution in [0.15, 0.2) is 22.7 Å². The Labute approximate surface area is 124 Å². The standard InChI is InChI=1S/C15H23BrN2O/c1-3-19-13-5-4-8-18(10-13)12-6-7-14(11(2)17)15(16)9-12/h6-7,9,11,13H,3-5,8,10,17H2,1-2H3. The quantitative estimate of drug-likeness (QED) is 0.920. The van der Waals surface area contributed by atoms with Crippen LogP contribution < -0.4 is 10.6 Å². The average Bonchev–Trinajstić information content (AvgIpc) is 2.39. The van der Waals surface area contributed by atoms with Crippen LogP contribution in [-0.2, 0) is 4.74 Å². The summed E-state index contributed by atoms with van der Waals surface area (Å²) >= 11 is 3.62. The van der Waals surface area contributed by atoms with Crippen molar-refractivity contribution in [2.24, 2.45) is 5.73 Å². The van der Waals surface area contributed by atoms with Crippen LogP contribution in [-0.4, -0.2) is 25.8 Å². The lowest BCUT2D eigenvalue weighted by atomic mass is 10.1. The fourth-order valence-electron chi connectivity index (χ4n) is 2.63. The topological polar surface area (TPSA) is 38.5 Å². The molecule has 2 N–H and O–H groups in total. The zero-order chi connectivity index (χ0) is 13.8. The summed E-state index contributed by atoms with van der Waals surface area (Å²) in [5.74, 6) is 0. The van der Waals surface area contributed by atoms with E-state index in [0.29, 0.717) is 6.10 Å². The maximum Gasteiger partial charge on any atom is 0.0750 e. The minimum absolute atomic E-state index is 0.0564. The van der Waals surface area contributed by atoms with Gasteiger partial charge in [-0.15, -0.1) is 0 Å². The number of anilines is 1. The summed E-state index contributed by atoms with van der Waals surface area (Å²) in [6, 6.07) is 6.51. The summed E-state index contributed by atoms with van der Waals surface area (Å²) in [6.07, 6.45) is 2.73. The van der Waals surface area contributed by atoms with Crippen LogP contribution in [0.3, 0.4) is 0 Å². The Kier molecular flexibility index (Phi) is 5.25. The van der Waals surface area contributed by atoms with Crippen molar-refractivity contribution in [3.8, 4) is 0 Å². The Hall–Kier alpha value is -0.580. The highest BCUT2D eigenvalue weighted by Crippen LogP contribution is 2.29. The van der Waals surface area contributed by atoms with Gasteiger partial charge >= 0.3 is 0 Å². The van der Waals surface area contributed by atoms with E-state index in [9.17, 15) is 0 Å². The Balaban J connectivity index is 2.11. The maximum atomic E-state index is 5.94. The molecule has 2 atom stereocenters. The number of nitrogens with zero attached hydrogens (tertiary/aromatic N) is 1. The van der Waals surface area contributed by atoms with Crippen LogP contribution in [0.4, 0.5) is 5.69 Å². The molecule has 1 aliphatic rings. The van der Waals surface area contributed by atoms with Crippen LogP contribution in [0.25, 0.3) is 0 Å². The van der Waals surface area contributed by atoms with E-state index in [1.54, 1.807) is 0 Å². The number of hydrogen-bond donors (Lipinski definition) is 1. The van der Waals surface area contributed by atoms with Gasteiger partial charge in [0.1, 0.15) is 0 Å². The van der Waals surface area contributed by atoms with Gasteiger partial charge in [-0.05, 0) is 44.4 Å². The summed E-state index contributed by atoms with van der Waals surface area (Å²) in [6.45, 7) is 6.95. The van der Waals surface area contributed by atoms with E-state index in [4.69, 9.17) is 10.5 Å². The molecule has 0 aliphatic carbocycles. The molecule has 4 heteroatoms. The highest BCUT2D eigenvalue weighted by molar-refractivity contribution is 9.10. The van der Waals surface area contributed by atoms with E-state index in [1.807, 2.05) is 6.92 Å². The van der Waals surface area contributed by atoms with Gasteiger partial charge in [-0.2, -0.15) is 0 Å². The van der Waals surface area contributed by atoms with E-state index in [0.717, 1.165) is 29.7 Å². The van der Waals surface area contributed by atoms with E-state index in [2.05, 4.69) is 46.0 Å². The molecule has 1 saturated heterocycles. The summed E-state index contributed by atoms with van der Waals surface area (Å²) in [5, 5.41) is 0. The summed E-state index contributed by atoms with van der Waals surface area (Å²) < 4.78 is 6.85. The molecule has 0 spiro atoms. The van der Waals surface area contributed by atoms with E-state index < -0.39 is 0 Å². The minimum atomic E-state index is 0.0564. The number of rotatable bonds is 4. The Morgan fingerprint density at radius 2 is 2.32 bits per heavy atom. The average molecular weight is 327 g/mol. The van der Waals surface area contributed by atoms with Crippen molar-refractivity contribution in [3.63, 3.8) is 0 Å². The third-order valence-electron chi connectivity index (χ3n) is 3.62. The van der Waals surface area contributed by atoms with Crippen molar-refractivity contribution in [3.05, 3.63) is 28.2 Å². The third-order valence-corrected chi connectivity index (χ3v) is 4.31. The van der Waals surface area contributed by atoms with Crippen molar-refractivity contribution in [1.29, 1.82) is 0 Å². The number of halogens is 1. The Morgan fingerprint density at radius 3 is 2.95 bits per heavy atom. The van der Waals surface area contributed by atoms with Crippen LogP contribution in [0.1, 0.15) is 38.3 Å². The molecule has 0 aromatic heterocycles. The minimum Gasteiger partial charge on any atom is -0.377 e. The number of hydrogen-bond acceptors (Lipinski definition) is 3. The summed E-state index contributed by atoms with van der Waals surface area (Å²) in [5.41, 5.74) is 8.35. The van der Waals surface area contributed by atoms with Crippen molar-refractivity contribution < 1.29 is 4.74 Å². The van der Waals surface area contributed by atoms with Crippen LogP contribution in [0.2, 0.25) is 0 Å². The SMILES string of the molecule is CCOC1CCCN(c2ccc(C(C)N)c(Br)c2)C1. The molecule has 1 heterocycles. The molecule has 106 valence electrons. The monoisotopic (exact) mass is 326 g/mol. The first kappa shape index (κ1) is 14.8. The first-order valence-electron chi connectivity index (χ1n) is 7.03.